The minimum atomic E-state index is 0.368. The lowest BCUT2D eigenvalue weighted by Crippen LogP contribution is -2.48. The number of hydrogen-bond donors (Lipinski definition) is 1. The van der Waals surface area contributed by atoms with Gasteiger partial charge >= 0.3 is 0 Å². The Morgan fingerprint density at radius 1 is 1.12 bits per heavy atom. The molecule has 1 heterocycles. The lowest BCUT2D eigenvalue weighted by molar-refractivity contribution is -0.0156. The van der Waals surface area contributed by atoms with Crippen molar-refractivity contribution in [1.82, 2.24) is 0 Å². The third-order valence-electron chi connectivity index (χ3n) is 5.49. The molecule has 4 bridgehead atoms. The van der Waals surface area contributed by atoms with Gasteiger partial charge in [-0.3, -0.25) is 0 Å². The highest BCUT2D eigenvalue weighted by Crippen LogP contribution is 2.61. The zero-order valence-electron chi connectivity index (χ0n) is 10.3. The fourth-order valence-electron chi connectivity index (χ4n) is 5.35. The summed E-state index contributed by atoms with van der Waals surface area (Å²) in [4.78, 5) is 0. The first-order valence-corrected chi connectivity index (χ1v) is 7.06. The minimum Gasteiger partial charge on any atom is -0.468 e. The molecule has 0 atom stereocenters. The van der Waals surface area contributed by atoms with E-state index in [1.807, 2.05) is 6.26 Å². The van der Waals surface area contributed by atoms with E-state index in [4.69, 9.17) is 10.2 Å². The molecular weight excluding hydrogens is 210 g/mol. The third-order valence-corrected chi connectivity index (χ3v) is 5.49. The molecule has 0 aliphatic heterocycles. The highest BCUT2D eigenvalue weighted by atomic mass is 16.3. The van der Waals surface area contributed by atoms with Crippen molar-refractivity contribution in [1.29, 1.82) is 0 Å². The lowest BCUT2D eigenvalue weighted by Gasteiger charge is -2.56. The molecular formula is C15H21NO. The maximum absolute atomic E-state index is 5.86. The zero-order valence-corrected chi connectivity index (χ0v) is 10.3. The van der Waals surface area contributed by atoms with E-state index in [1.54, 1.807) is 0 Å². The second-order valence-corrected chi connectivity index (χ2v) is 6.68. The standard InChI is InChI=1S/C15H21NO/c16-9-13-1-2-17-14(13)15-6-10-3-11(7-15)5-12(4-10)8-15/h1-2,10-12H,3-9,16H2. The molecule has 4 aliphatic carbocycles. The molecule has 0 amide bonds. The van der Waals surface area contributed by atoms with Crippen molar-refractivity contribution in [2.75, 3.05) is 0 Å². The van der Waals surface area contributed by atoms with Crippen LogP contribution in [0.5, 0.6) is 0 Å². The minimum absolute atomic E-state index is 0.368. The number of nitrogens with two attached hydrogens (primary N) is 1. The summed E-state index contributed by atoms with van der Waals surface area (Å²) in [5.41, 5.74) is 7.48. The van der Waals surface area contributed by atoms with Gasteiger partial charge in [0.2, 0.25) is 0 Å². The van der Waals surface area contributed by atoms with Gasteiger partial charge in [-0.15, -0.1) is 0 Å². The fourth-order valence-corrected chi connectivity index (χ4v) is 5.35. The SMILES string of the molecule is NCc1ccoc1C12CC3CC(CC(C3)C1)C2. The summed E-state index contributed by atoms with van der Waals surface area (Å²) in [7, 11) is 0. The Balaban J connectivity index is 1.77. The predicted molar refractivity (Wildman–Crippen MR) is 66.4 cm³/mol. The third kappa shape index (κ3) is 1.36. The van der Waals surface area contributed by atoms with Crippen molar-refractivity contribution in [3.63, 3.8) is 0 Å². The van der Waals surface area contributed by atoms with E-state index in [-0.39, 0.29) is 0 Å². The molecule has 4 fully saturated rings. The molecule has 0 aromatic carbocycles. The van der Waals surface area contributed by atoms with Crippen LogP contribution < -0.4 is 5.73 Å². The van der Waals surface area contributed by atoms with Gasteiger partial charge in [0.05, 0.1) is 6.26 Å². The average Bonchev–Trinajstić information content (AvgIpc) is 2.75. The molecule has 2 N–H and O–H groups in total. The van der Waals surface area contributed by atoms with Gasteiger partial charge in [0, 0.05) is 17.5 Å². The smallest absolute Gasteiger partial charge is 0.114 e. The zero-order chi connectivity index (χ0) is 11.5. The van der Waals surface area contributed by atoms with Gasteiger partial charge in [-0.2, -0.15) is 0 Å². The molecule has 0 saturated heterocycles. The van der Waals surface area contributed by atoms with Gasteiger partial charge in [-0.25, -0.2) is 0 Å². The first-order valence-electron chi connectivity index (χ1n) is 7.06. The van der Waals surface area contributed by atoms with E-state index in [9.17, 15) is 0 Å². The summed E-state index contributed by atoms with van der Waals surface area (Å²) in [5, 5.41) is 0. The van der Waals surface area contributed by atoms with Crippen LogP contribution in [-0.4, -0.2) is 0 Å². The van der Waals surface area contributed by atoms with E-state index in [0.29, 0.717) is 12.0 Å². The van der Waals surface area contributed by atoms with Crippen LogP contribution in [0, 0.1) is 17.8 Å². The van der Waals surface area contributed by atoms with Crippen molar-refractivity contribution in [2.45, 2.75) is 50.5 Å². The molecule has 2 heteroatoms. The second kappa shape index (κ2) is 3.38. The monoisotopic (exact) mass is 231 g/mol. The first-order chi connectivity index (χ1) is 8.29. The summed E-state index contributed by atoms with van der Waals surface area (Å²) < 4.78 is 5.86. The van der Waals surface area contributed by atoms with Crippen molar-refractivity contribution in [3.05, 3.63) is 23.7 Å². The summed E-state index contributed by atoms with van der Waals surface area (Å²) >= 11 is 0. The summed E-state index contributed by atoms with van der Waals surface area (Å²) in [6, 6.07) is 2.08. The van der Waals surface area contributed by atoms with Gasteiger partial charge in [0.15, 0.2) is 0 Å². The predicted octanol–water partition coefficient (Wildman–Crippen LogP) is 3.21. The number of hydrogen-bond acceptors (Lipinski definition) is 2. The van der Waals surface area contributed by atoms with Gasteiger partial charge in [-0.05, 0) is 62.3 Å². The summed E-state index contributed by atoms with van der Waals surface area (Å²) in [6.07, 6.45) is 10.4. The Bertz CT molecular complexity index is 399. The van der Waals surface area contributed by atoms with Gasteiger partial charge in [0.25, 0.3) is 0 Å². The normalized spacial score (nSPS) is 43.2. The van der Waals surface area contributed by atoms with Crippen molar-refractivity contribution in [3.8, 4) is 0 Å². The maximum atomic E-state index is 5.86. The van der Waals surface area contributed by atoms with Crippen molar-refractivity contribution < 1.29 is 4.42 Å². The highest BCUT2D eigenvalue weighted by Gasteiger charge is 2.53. The van der Waals surface area contributed by atoms with Crippen LogP contribution in [0.25, 0.3) is 0 Å². The Hall–Kier alpha value is -0.760. The number of rotatable bonds is 2. The van der Waals surface area contributed by atoms with E-state index in [1.165, 1.54) is 49.8 Å². The second-order valence-electron chi connectivity index (χ2n) is 6.68. The molecule has 2 nitrogen and oxygen atoms in total. The van der Waals surface area contributed by atoms with E-state index in [2.05, 4.69) is 6.07 Å². The molecule has 17 heavy (non-hydrogen) atoms. The maximum Gasteiger partial charge on any atom is 0.114 e. The van der Waals surface area contributed by atoms with Crippen LogP contribution in [0.3, 0.4) is 0 Å². The first kappa shape index (κ1) is 10.2. The molecule has 92 valence electrons. The van der Waals surface area contributed by atoms with E-state index in [0.717, 1.165) is 17.8 Å². The van der Waals surface area contributed by atoms with Crippen molar-refractivity contribution >= 4 is 0 Å². The molecule has 4 saturated carbocycles. The Kier molecular flexibility index (Phi) is 2.03. The van der Waals surface area contributed by atoms with Gasteiger partial charge in [0.1, 0.15) is 5.76 Å². The van der Waals surface area contributed by atoms with Gasteiger partial charge < -0.3 is 10.2 Å². The largest absolute Gasteiger partial charge is 0.468 e. The molecule has 1 aromatic rings. The fraction of sp³-hybridized carbons (Fsp3) is 0.733. The molecule has 0 radical (unpaired) electrons. The van der Waals surface area contributed by atoms with Crippen LogP contribution in [-0.2, 0) is 12.0 Å². The Morgan fingerprint density at radius 2 is 1.71 bits per heavy atom. The van der Waals surface area contributed by atoms with Gasteiger partial charge in [-0.1, -0.05) is 0 Å². The highest BCUT2D eigenvalue weighted by molar-refractivity contribution is 5.29. The van der Waals surface area contributed by atoms with E-state index < -0.39 is 0 Å². The Morgan fingerprint density at radius 3 is 2.24 bits per heavy atom. The molecule has 1 aromatic heterocycles. The van der Waals surface area contributed by atoms with Crippen LogP contribution >= 0.6 is 0 Å². The topological polar surface area (TPSA) is 39.2 Å². The quantitative estimate of drug-likeness (QED) is 0.849. The summed E-state index contributed by atoms with van der Waals surface area (Å²) in [5.74, 6) is 4.16. The summed E-state index contributed by atoms with van der Waals surface area (Å²) in [6.45, 7) is 0.633. The molecule has 4 aliphatic rings. The van der Waals surface area contributed by atoms with Crippen LogP contribution in [0.2, 0.25) is 0 Å². The van der Waals surface area contributed by atoms with Crippen molar-refractivity contribution in [2.24, 2.45) is 23.5 Å². The molecule has 0 spiro atoms. The van der Waals surface area contributed by atoms with Crippen LogP contribution in [0.1, 0.15) is 49.8 Å². The van der Waals surface area contributed by atoms with Crippen LogP contribution in [0.15, 0.2) is 16.7 Å². The molecule has 5 rings (SSSR count). The van der Waals surface area contributed by atoms with E-state index >= 15 is 0 Å². The average molecular weight is 231 g/mol. The Labute approximate surface area is 103 Å². The number of furan rings is 1. The lowest BCUT2D eigenvalue weighted by atomic mass is 9.49. The van der Waals surface area contributed by atoms with Crippen LogP contribution in [0.4, 0.5) is 0 Å². The molecule has 0 unspecified atom stereocenters.